The van der Waals surface area contributed by atoms with E-state index >= 15 is 0 Å². The zero-order valence-corrected chi connectivity index (χ0v) is 20.1. The number of benzene rings is 2. The number of methoxy groups -OCH3 is 2. The van der Waals surface area contributed by atoms with Gasteiger partial charge in [0.25, 0.3) is 0 Å². The van der Waals surface area contributed by atoms with Crippen LogP contribution in [0.5, 0.6) is 11.5 Å². The maximum Gasteiger partial charge on any atom is 0.336 e. The summed E-state index contributed by atoms with van der Waals surface area (Å²) in [7, 11) is 7.35. The molecule has 0 aliphatic carbocycles. The number of piperidine rings is 1. The van der Waals surface area contributed by atoms with Gasteiger partial charge in [0.2, 0.25) is 0 Å². The van der Waals surface area contributed by atoms with Crippen molar-refractivity contribution in [2.75, 3.05) is 52.8 Å². The van der Waals surface area contributed by atoms with E-state index in [9.17, 15) is 4.79 Å². The van der Waals surface area contributed by atoms with Crippen LogP contribution in [0.1, 0.15) is 42.7 Å². The van der Waals surface area contributed by atoms with E-state index in [0.29, 0.717) is 17.1 Å². The lowest BCUT2D eigenvalue weighted by Gasteiger charge is -2.29. The van der Waals surface area contributed by atoms with Crippen LogP contribution in [0.4, 0.5) is 5.69 Å². The highest BCUT2D eigenvalue weighted by Crippen LogP contribution is 2.43. The Hall–Kier alpha value is -2.99. The van der Waals surface area contributed by atoms with Gasteiger partial charge in [-0.2, -0.15) is 0 Å². The molecule has 2 aromatic carbocycles. The van der Waals surface area contributed by atoms with Gasteiger partial charge < -0.3 is 23.7 Å². The molecule has 1 aromatic heterocycles. The van der Waals surface area contributed by atoms with Crippen LogP contribution in [-0.2, 0) is 0 Å². The van der Waals surface area contributed by atoms with Gasteiger partial charge in [-0.05, 0) is 62.7 Å². The predicted octanol–water partition coefficient (Wildman–Crippen LogP) is 4.88. The molecule has 1 fully saturated rings. The van der Waals surface area contributed by atoms with Crippen LogP contribution in [0.15, 0.2) is 51.7 Å². The first kappa shape index (κ1) is 23.2. The molecule has 0 saturated carbocycles. The Morgan fingerprint density at radius 1 is 0.970 bits per heavy atom. The lowest BCUT2D eigenvalue weighted by molar-refractivity contribution is 0.223. The minimum absolute atomic E-state index is 0.0112. The van der Waals surface area contributed by atoms with Gasteiger partial charge in [0.05, 0.1) is 19.6 Å². The largest absolute Gasteiger partial charge is 0.496 e. The first-order valence-electron chi connectivity index (χ1n) is 11.7. The Balaban J connectivity index is 1.85. The molecule has 1 aliphatic heterocycles. The summed E-state index contributed by atoms with van der Waals surface area (Å²) in [6, 6.07) is 13.7. The van der Waals surface area contributed by atoms with Gasteiger partial charge >= 0.3 is 5.63 Å². The fourth-order valence-corrected chi connectivity index (χ4v) is 4.84. The number of likely N-dealkylation sites (tertiary alicyclic amines) is 1. The van der Waals surface area contributed by atoms with Gasteiger partial charge in [-0.1, -0.05) is 18.6 Å². The van der Waals surface area contributed by atoms with Crippen molar-refractivity contribution in [3.8, 4) is 11.5 Å². The normalized spacial score (nSPS) is 15.4. The summed E-state index contributed by atoms with van der Waals surface area (Å²) in [6.07, 6.45) is 4.73. The third kappa shape index (κ3) is 5.01. The van der Waals surface area contributed by atoms with E-state index in [1.807, 2.05) is 20.2 Å². The molecule has 1 atom stereocenters. The van der Waals surface area contributed by atoms with Gasteiger partial charge in [0, 0.05) is 43.4 Å². The second-order valence-corrected chi connectivity index (χ2v) is 8.92. The van der Waals surface area contributed by atoms with Crippen molar-refractivity contribution in [3.05, 3.63) is 64.0 Å². The lowest BCUT2D eigenvalue weighted by atomic mass is 9.86. The molecular formula is C27H34N2O4. The van der Waals surface area contributed by atoms with E-state index in [-0.39, 0.29) is 11.5 Å². The number of hydrogen-bond donors (Lipinski definition) is 0. The van der Waals surface area contributed by atoms with Crippen LogP contribution >= 0.6 is 0 Å². The van der Waals surface area contributed by atoms with Crippen LogP contribution in [0.2, 0.25) is 0 Å². The van der Waals surface area contributed by atoms with Crippen molar-refractivity contribution in [2.24, 2.45) is 0 Å². The highest BCUT2D eigenvalue weighted by Gasteiger charge is 2.26. The molecule has 2 heterocycles. The second kappa shape index (κ2) is 10.3. The molecule has 1 saturated heterocycles. The maximum atomic E-state index is 12.3. The van der Waals surface area contributed by atoms with Crippen molar-refractivity contribution >= 4 is 16.7 Å². The predicted molar refractivity (Wildman–Crippen MR) is 133 cm³/mol. The summed E-state index contributed by atoms with van der Waals surface area (Å²) < 4.78 is 17.2. The van der Waals surface area contributed by atoms with Gasteiger partial charge in [-0.3, -0.25) is 0 Å². The summed E-state index contributed by atoms with van der Waals surface area (Å²) in [6.45, 7) is 3.26. The fourth-order valence-electron chi connectivity index (χ4n) is 4.84. The molecule has 3 aromatic rings. The smallest absolute Gasteiger partial charge is 0.336 e. The average molecular weight is 451 g/mol. The van der Waals surface area contributed by atoms with Crippen molar-refractivity contribution in [1.82, 2.24) is 4.90 Å². The Kier molecular flexibility index (Phi) is 7.23. The summed E-state index contributed by atoms with van der Waals surface area (Å²) >= 11 is 0. The minimum atomic E-state index is -0.378. The molecule has 4 rings (SSSR count). The molecule has 176 valence electrons. The van der Waals surface area contributed by atoms with Crippen molar-refractivity contribution in [1.29, 1.82) is 0 Å². The number of anilines is 1. The Bertz CT molecular complexity index is 1130. The maximum absolute atomic E-state index is 12.3. The zero-order chi connectivity index (χ0) is 23.4. The number of hydrogen-bond acceptors (Lipinski definition) is 6. The van der Waals surface area contributed by atoms with E-state index in [4.69, 9.17) is 13.9 Å². The van der Waals surface area contributed by atoms with Crippen molar-refractivity contribution < 1.29 is 13.9 Å². The summed E-state index contributed by atoms with van der Waals surface area (Å²) in [4.78, 5) is 16.9. The van der Waals surface area contributed by atoms with Crippen molar-refractivity contribution in [2.45, 2.75) is 31.6 Å². The highest BCUT2D eigenvalue weighted by atomic mass is 16.5. The Morgan fingerprint density at radius 3 is 2.30 bits per heavy atom. The number of fused-ring (bicyclic) bond motifs is 1. The van der Waals surface area contributed by atoms with Gasteiger partial charge in [0.15, 0.2) is 0 Å². The monoisotopic (exact) mass is 450 g/mol. The lowest BCUT2D eigenvalue weighted by Crippen LogP contribution is -2.31. The van der Waals surface area contributed by atoms with Crippen LogP contribution < -0.4 is 20.0 Å². The summed E-state index contributed by atoms with van der Waals surface area (Å²) in [5, 5.41) is 0.779. The molecule has 0 N–H and O–H groups in total. The number of rotatable bonds is 8. The molecule has 0 spiro atoms. The van der Waals surface area contributed by atoms with E-state index in [1.165, 1.54) is 30.9 Å². The third-order valence-electron chi connectivity index (χ3n) is 6.65. The Labute approximate surface area is 195 Å². The van der Waals surface area contributed by atoms with Crippen LogP contribution in [0, 0.1) is 0 Å². The van der Waals surface area contributed by atoms with Crippen LogP contribution in [0.25, 0.3) is 11.0 Å². The molecular weight excluding hydrogens is 416 g/mol. The van der Waals surface area contributed by atoms with Gasteiger partial charge in [-0.15, -0.1) is 0 Å². The van der Waals surface area contributed by atoms with E-state index < -0.39 is 0 Å². The SMILES string of the molecule is COc1cc(OC)c2ccc(=O)oc2c1[C@H](CCN1CCCCC1)c1ccc(N(C)C)cc1. The molecule has 33 heavy (non-hydrogen) atoms. The molecule has 0 bridgehead atoms. The molecule has 0 radical (unpaired) electrons. The minimum Gasteiger partial charge on any atom is -0.496 e. The highest BCUT2D eigenvalue weighted by molar-refractivity contribution is 5.89. The Morgan fingerprint density at radius 2 is 1.67 bits per heavy atom. The summed E-state index contributed by atoms with van der Waals surface area (Å²) in [5.41, 5.74) is 3.39. The number of nitrogens with zero attached hydrogens (tertiary/aromatic N) is 2. The van der Waals surface area contributed by atoms with Crippen LogP contribution in [-0.4, -0.2) is 52.8 Å². The van der Waals surface area contributed by atoms with Gasteiger partial charge in [0.1, 0.15) is 17.1 Å². The quantitative estimate of drug-likeness (QED) is 0.456. The van der Waals surface area contributed by atoms with Crippen molar-refractivity contribution in [3.63, 3.8) is 0 Å². The van der Waals surface area contributed by atoms with Crippen LogP contribution in [0.3, 0.4) is 0 Å². The fraction of sp³-hybridized carbons (Fsp3) is 0.444. The van der Waals surface area contributed by atoms with Gasteiger partial charge in [-0.25, -0.2) is 4.79 Å². The summed E-state index contributed by atoms with van der Waals surface area (Å²) in [5.74, 6) is 1.32. The molecule has 6 heteroatoms. The van der Waals surface area contributed by atoms with E-state index in [2.05, 4.69) is 34.1 Å². The standard InChI is InChI=1S/C27H34N2O4/c1-28(2)20-10-8-19(9-11-20)21(14-17-29-15-6-5-7-16-29)26-24(32-4)18-23(31-3)22-12-13-25(30)33-27(22)26/h8-13,18,21H,5-7,14-17H2,1-4H3/t21-/m1/s1. The third-order valence-corrected chi connectivity index (χ3v) is 6.65. The number of ether oxygens (including phenoxy) is 2. The first-order chi connectivity index (χ1) is 16.0. The first-order valence-corrected chi connectivity index (χ1v) is 11.7. The topological polar surface area (TPSA) is 55.2 Å². The van der Waals surface area contributed by atoms with E-state index in [1.54, 1.807) is 20.3 Å². The second-order valence-electron chi connectivity index (χ2n) is 8.92. The molecule has 0 unspecified atom stereocenters. The molecule has 1 aliphatic rings. The molecule has 6 nitrogen and oxygen atoms in total. The molecule has 0 amide bonds. The van der Waals surface area contributed by atoms with E-state index in [0.717, 1.165) is 42.7 Å². The average Bonchev–Trinajstić information content (AvgIpc) is 2.84. The zero-order valence-electron chi connectivity index (χ0n) is 20.1.